The third-order valence-corrected chi connectivity index (χ3v) is 3.64. The molecule has 5 heteroatoms. The number of hydrogen-bond acceptors (Lipinski definition) is 3. The van der Waals surface area contributed by atoms with Gasteiger partial charge in [0.2, 0.25) is 0 Å². The molecule has 0 aliphatic carbocycles. The van der Waals surface area contributed by atoms with Crippen LogP contribution >= 0.6 is 15.9 Å². The van der Waals surface area contributed by atoms with Gasteiger partial charge in [-0.05, 0) is 47.3 Å². The predicted octanol–water partition coefficient (Wildman–Crippen LogP) is 3.28. The second-order valence-electron chi connectivity index (χ2n) is 4.27. The van der Waals surface area contributed by atoms with Crippen molar-refractivity contribution in [3.05, 3.63) is 39.9 Å². The first-order valence-electron chi connectivity index (χ1n) is 6.06. The van der Waals surface area contributed by atoms with Crippen LogP contribution in [0.2, 0.25) is 0 Å². The van der Waals surface area contributed by atoms with E-state index in [0.717, 1.165) is 46.0 Å². The van der Waals surface area contributed by atoms with Gasteiger partial charge < -0.3 is 14.5 Å². The largest absolute Gasteiger partial charge is 0.497 e. The Bertz CT molecular complexity index is 567. The molecule has 2 aromatic rings. The van der Waals surface area contributed by atoms with Crippen LogP contribution < -0.4 is 9.47 Å². The van der Waals surface area contributed by atoms with Crippen LogP contribution in [0, 0.1) is 6.92 Å². The lowest BCUT2D eigenvalue weighted by Gasteiger charge is -2.10. The topological polar surface area (TPSA) is 47.1 Å². The van der Waals surface area contributed by atoms with Gasteiger partial charge in [0.15, 0.2) is 0 Å². The number of aromatic nitrogens is 2. The Labute approximate surface area is 121 Å². The molecule has 0 spiro atoms. The zero-order valence-corrected chi connectivity index (χ0v) is 12.9. The van der Waals surface area contributed by atoms with Crippen molar-refractivity contribution in [1.29, 1.82) is 0 Å². The van der Waals surface area contributed by atoms with Crippen molar-refractivity contribution in [2.45, 2.75) is 19.8 Å². The zero-order valence-electron chi connectivity index (χ0n) is 11.3. The van der Waals surface area contributed by atoms with Crippen molar-refractivity contribution < 1.29 is 9.47 Å². The fourth-order valence-electron chi connectivity index (χ4n) is 2.00. The number of rotatable bonds is 5. The van der Waals surface area contributed by atoms with E-state index in [9.17, 15) is 0 Å². The van der Waals surface area contributed by atoms with Crippen molar-refractivity contribution >= 4 is 15.9 Å². The van der Waals surface area contributed by atoms with Gasteiger partial charge in [-0.3, -0.25) is 0 Å². The lowest BCUT2D eigenvalue weighted by Crippen LogP contribution is -1.97. The number of benzene rings is 1. The molecule has 0 saturated heterocycles. The van der Waals surface area contributed by atoms with E-state index < -0.39 is 0 Å². The van der Waals surface area contributed by atoms with Gasteiger partial charge in [0.1, 0.15) is 21.9 Å². The van der Waals surface area contributed by atoms with Gasteiger partial charge in [-0.2, -0.15) is 0 Å². The molecule has 1 aromatic heterocycles. The predicted molar refractivity (Wildman–Crippen MR) is 78.0 cm³/mol. The van der Waals surface area contributed by atoms with Crippen LogP contribution in [0.4, 0.5) is 0 Å². The van der Waals surface area contributed by atoms with Crippen molar-refractivity contribution in [2.75, 3.05) is 14.2 Å². The highest BCUT2D eigenvalue weighted by atomic mass is 79.9. The van der Waals surface area contributed by atoms with E-state index in [-0.39, 0.29) is 0 Å². The monoisotopic (exact) mass is 324 g/mol. The van der Waals surface area contributed by atoms with E-state index in [1.807, 2.05) is 25.1 Å². The lowest BCUT2D eigenvalue weighted by molar-refractivity contribution is 0.391. The summed E-state index contributed by atoms with van der Waals surface area (Å²) in [6, 6.07) is 5.89. The molecule has 0 fully saturated rings. The molecular weight excluding hydrogens is 308 g/mol. The highest BCUT2D eigenvalue weighted by molar-refractivity contribution is 9.10. The number of nitrogens with zero attached hydrogens (tertiary/aromatic N) is 1. The molecule has 0 unspecified atom stereocenters. The summed E-state index contributed by atoms with van der Waals surface area (Å²) in [5.41, 5.74) is 2.26. The van der Waals surface area contributed by atoms with Crippen molar-refractivity contribution in [3.63, 3.8) is 0 Å². The van der Waals surface area contributed by atoms with Gasteiger partial charge in [0.25, 0.3) is 0 Å². The van der Waals surface area contributed by atoms with Crippen LogP contribution in [-0.2, 0) is 12.8 Å². The molecule has 0 bridgehead atoms. The molecule has 0 aliphatic rings. The fourth-order valence-corrected chi connectivity index (χ4v) is 2.56. The van der Waals surface area contributed by atoms with Crippen LogP contribution in [0.25, 0.3) is 0 Å². The molecule has 0 amide bonds. The SMILES string of the molecule is COc1ccc(CCc2[nH]c(C)nc2Br)c(OC)c1. The van der Waals surface area contributed by atoms with Crippen molar-refractivity contribution in [1.82, 2.24) is 9.97 Å². The average Bonchev–Trinajstić information content (AvgIpc) is 2.74. The summed E-state index contributed by atoms with van der Waals surface area (Å²) in [7, 11) is 3.33. The van der Waals surface area contributed by atoms with Gasteiger partial charge >= 0.3 is 0 Å². The van der Waals surface area contributed by atoms with Gasteiger partial charge in [-0.25, -0.2) is 4.98 Å². The molecule has 19 heavy (non-hydrogen) atoms. The quantitative estimate of drug-likeness (QED) is 0.918. The van der Waals surface area contributed by atoms with Gasteiger partial charge in [-0.1, -0.05) is 6.07 Å². The van der Waals surface area contributed by atoms with E-state index in [1.54, 1.807) is 14.2 Å². The number of imidazole rings is 1. The summed E-state index contributed by atoms with van der Waals surface area (Å²) < 4.78 is 11.5. The Balaban J connectivity index is 2.13. The molecule has 1 heterocycles. The maximum absolute atomic E-state index is 5.39. The summed E-state index contributed by atoms with van der Waals surface area (Å²) in [6.45, 7) is 1.95. The van der Waals surface area contributed by atoms with E-state index in [1.165, 1.54) is 0 Å². The minimum Gasteiger partial charge on any atom is -0.497 e. The Morgan fingerprint density at radius 1 is 1.21 bits per heavy atom. The maximum Gasteiger partial charge on any atom is 0.127 e. The summed E-state index contributed by atoms with van der Waals surface area (Å²) >= 11 is 3.46. The standard InChI is InChI=1S/C14H17BrN2O2/c1-9-16-12(14(15)17-9)7-5-10-4-6-11(18-2)8-13(10)19-3/h4,6,8H,5,7H2,1-3H3,(H,16,17). The van der Waals surface area contributed by atoms with Gasteiger partial charge in [-0.15, -0.1) is 0 Å². The first-order chi connectivity index (χ1) is 9.13. The number of aryl methyl sites for hydroxylation is 3. The molecule has 1 aromatic carbocycles. The first-order valence-corrected chi connectivity index (χ1v) is 6.85. The van der Waals surface area contributed by atoms with Crippen LogP contribution in [0.1, 0.15) is 17.1 Å². The molecule has 4 nitrogen and oxygen atoms in total. The molecule has 0 saturated carbocycles. The smallest absolute Gasteiger partial charge is 0.127 e. The summed E-state index contributed by atoms with van der Waals surface area (Å²) in [5.74, 6) is 2.58. The third-order valence-electron chi connectivity index (χ3n) is 2.99. The zero-order chi connectivity index (χ0) is 13.8. The van der Waals surface area contributed by atoms with Crippen molar-refractivity contribution in [2.24, 2.45) is 0 Å². The third kappa shape index (κ3) is 3.29. The number of halogens is 1. The second-order valence-corrected chi connectivity index (χ2v) is 5.02. The molecular formula is C14H17BrN2O2. The maximum atomic E-state index is 5.39. The van der Waals surface area contributed by atoms with E-state index in [4.69, 9.17) is 9.47 Å². The molecule has 0 atom stereocenters. The van der Waals surface area contributed by atoms with E-state index in [0.29, 0.717) is 0 Å². The Morgan fingerprint density at radius 3 is 2.58 bits per heavy atom. The first kappa shape index (κ1) is 13.9. The van der Waals surface area contributed by atoms with Crippen molar-refractivity contribution in [3.8, 4) is 11.5 Å². The minimum atomic E-state index is 0.805. The molecule has 0 radical (unpaired) electrons. The van der Waals surface area contributed by atoms with E-state index >= 15 is 0 Å². The number of methoxy groups -OCH3 is 2. The fraction of sp³-hybridized carbons (Fsp3) is 0.357. The van der Waals surface area contributed by atoms with Gasteiger partial charge in [0.05, 0.1) is 14.2 Å². The Kier molecular flexibility index (Phi) is 4.47. The lowest BCUT2D eigenvalue weighted by atomic mass is 10.1. The number of ether oxygens (including phenoxy) is 2. The molecule has 102 valence electrons. The number of aromatic amines is 1. The van der Waals surface area contributed by atoms with Crippen LogP contribution in [-0.4, -0.2) is 24.2 Å². The molecule has 2 rings (SSSR count). The van der Waals surface area contributed by atoms with Crippen LogP contribution in [0.15, 0.2) is 22.8 Å². The number of H-pyrrole nitrogens is 1. The summed E-state index contributed by atoms with van der Waals surface area (Å²) in [4.78, 5) is 7.55. The van der Waals surface area contributed by atoms with Crippen LogP contribution in [0.5, 0.6) is 11.5 Å². The Hall–Kier alpha value is -1.49. The second kappa shape index (κ2) is 6.10. The highest BCUT2D eigenvalue weighted by Crippen LogP contribution is 2.26. The number of nitrogens with one attached hydrogen (secondary N) is 1. The summed E-state index contributed by atoms with van der Waals surface area (Å²) in [5, 5.41) is 0. The average molecular weight is 325 g/mol. The van der Waals surface area contributed by atoms with Gasteiger partial charge in [0, 0.05) is 11.8 Å². The Morgan fingerprint density at radius 2 is 2.00 bits per heavy atom. The number of hydrogen-bond donors (Lipinski definition) is 1. The minimum absolute atomic E-state index is 0.805. The summed E-state index contributed by atoms with van der Waals surface area (Å²) in [6.07, 6.45) is 1.76. The van der Waals surface area contributed by atoms with E-state index in [2.05, 4.69) is 25.9 Å². The highest BCUT2D eigenvalue weighted by Gasteiger charge is 2.09. The van der Waals surface area contributed by atoms with Crippen LogP contribution in [0.3, 0.4) is 0 Å². The molecule has 0 aliphatic heterocycles. The normalized spacial score (nSPS) is 10.5. The molecule has 1 N–H and O–H groups in total.